The fourth-order valence-electron chi connectivity index (χ4n) is 3.95. The minimum absolute atomic E-state index is 0.0448. The monoisotopic (exact) mass is 471 g/mol. The van der Waals surface area contributed by atoms with E-state index in [0.717, 1.165) is 11.1 Å². The molecule has 3 rings (SSSR count). The highest BCUT2D eigenvalue weighted by atomic mass is 32.2. The van der Waals surface area contributed by atoms with Crippen molar-refractivity contribution >= 4 is 33.2 Å². The molecule has 2 N–H and O–H groups in total. The van der Waals surface area contributed by atoms with E-state index in [1.807, 2.05) is 25.1 Å². The summed E-state index contributed by atoms with van der Waals surface area (Å²) >= 11 is 0. The fourth-order valence-corrected chi connectivity index (χ4v) is 5.42. The van der Waals surface area contributed by atoms with Crippen molar-refractivity contribution in [1.82, 2.24) is 4.31 Å². The minimum atomic E-state index is -3.59. The first-order valence-corrected chi connectivity index (χ1v) is 12.6. The molecule has 1 aliphatic heterocycles. The molecule has 1 fully saturated rings. The standard InChI is InChI=1S/C25H33N3O4S/c1-17-16-21(8-11-23(17)26-18(2)29)27-24(30)19-12-14-28(15-13-19)33(31,32)22-9-6-20(7-10-22)25(3,4)5/h6-11,16,19H,12-15H2,1-5H3,(H,26,29)(H,27,30). The highest BCUT2D eigenvalue weighted by Crippen LogP contribution is 2.28. The van der Waals surface area contributed by atoms with Gasteiger partial charge in [0.15, 0.2) is 0 Å². The number of rotatable bonds is 5. The predicted molar refractivity (Wildman–Crippen MR) is 131 cm³/mol. The largest absolute Gasteiger partial charge is 0.326 e. The van der Waals surface area contributed by atoms with Crippen molar-refractivity contribution in [3.05, 3.63) is 53.6 Å². The summed E-state index contributed by atoms with van der Waals surface area (Å²) in [6.45, 7) is 10.2. The Morgan fingerprint density at radius 2 is 1.58 bits per heavy atom. The van der Waals surface area contributed by atoms with Gasteiger partial charge in [0, 0.05) is 37.3 Å². The van der Waals surface area contributed by atoms with Crippen molar-refractivity contribution in [2.24, 2.45) is 5.92 Å². The number of amides is 2. The van der Waals surface area contributed by atoms with E-state index in [-0.39, 0.29) is 28.0 Å². The van der Waals surface area contributed by atoms with Crippen molar-refractivity contribution in [2.75, 3.05) is 23.7 Å². The lowest BCUT2D eigenvalue weighted by Gasteiger charge is -2.30. The zero-order valence-corrected chi connectivity index (χ0v) is 20.8. The van der Waals surface area contributed by atoms with Gasteiger partial charge in [-0.25, -0.2) is 8.42 Å². The molecule has 2 amide bonds. The molecule has 1 heterocycles. The maximum atomic E-state index is 13.1. The number of sulfonamides is 1. The van der Waals surface area contributed by atoms with Gasteiger partial charge < -0.3 is 10.6 Å². The lowest BCUT2D eigenvalue weighted by atomic mass is 9.87. The zero-order chi connectivity index (χ0) is 24.4. The molecule has 2 aromatic carbocycles. The van der Waals surface area contributed by atoms with Gasteiger partial charge in [-0.2, -0.15) is 4.31 Å². The van der Waals surface area contributed by atoms with Crippen molar-refractivity contribution in [3.63, 3.8) is 0 Å². The first kappa shape index (κ1) is 24.9. The summed E-state index contributed by atoms with van der Waals surface area (Å²) in [7, 11) is -3.59. The van der Waals surface area contributed by atoms with Gasteiger partial charge in [-0.3, -0.25) is 9.59 Å². The van der Waals surface area contributed by atoms with Crippen molar-refractivity contribution in [3.8, 4) is 0 Å². The second kappa shape index (κ2) is 9.65. The maximum Gasteiger partial charge on any atom is 0.243 e. The number of aryl methyl sites for hydroxylation is 1. The van der Waals surface area contributed by atoms with Crippen LogP contribution in [-0.2, 0) is 25.0 Å². The molecule has 0 unspecified atom stereocenters. The van der Waals surface area contributed by atoms with Crippen LogP contribution in [0.1, 0.15) is 51.7 Å². The molecule has 2 aromatic rings. The van der Waals surface area contributed by atoms with Crippen LogP contribution in [0.2, 0.25) is 0 Å². The molecule has 1 saturated heterocycles. The maximum absolute atomic E-state index is 13.1. The Hall–Kier alpha value is -2.71. The lowest BCUT2D eigenvalue weighted by molar-refractivity contribution is -0.121. The Morgan fingerprint density at radius 3 is 2.09 bits per heavy atom. The highest BCUT2D eigenvalue weighted by Gasteiger charge is 2.32. The molecule has 0 aromatic heterocycles. The van der Waals surface area contributed by atoms with E-state index in [1.165, 1.54) is 11.2 Å². The molecule has 0 bridgehead atoms. The van der Waals surface area contributed by atoms with Crippen LogP contribution in [-0.4, -0.2) is 37.6 Å². The van der Waals surface area contributed by atoms with Gasteiger partial charge in [0.1, 0.15) is 0 Å². The van der Waals surface area contributed by atoms with E-state index in [4.69, 9.17) is 0 Å². The van der Waals surface area contributed by atoms with Crippen LogP contribution in [0.25, 0.3) is 0 Å². The number of hydrogen-bond donors (Lipinski definition) is 2. The second-order valence-corrected chi connectivity index (χ2v) is 11.6. The van der Waals surface area contributed by atoms with Crippen LogP contribution in [0, 0.1) is 12.8 Å². The SMILES string of the molecule is CC(=O)Nc1ccc(NC(=O)C2CCN(S(=O)(=O)c3ccc(C(C)(C)C)cc3)CC2)cc1C. The summed E-state index contributed by atoms with van der Waals surface area (Å²) in [5.41, 5.74) is 3.24. The Bertz CT molecular complexity index is 1130. The van der Waals surface area contributed by atoms with Crippen molar-refractivity contribution in [2.45, 2.75) is 57.8 Å². The first-order chi connectivity index (χ1) is 15.4. The molecule has 178 valence electrons. The van der Waals surface area contributed by atoms with Crippen LogP contribution in [0.3, 0.4) is 0 Å². The fraction of sp³-hybridized carbons (Fsp3) is 0.440. The highest BCUT2D eigenvalue weighted by molar-refractivity contribution is 7.89. The average Bonchev–Trinajstić information content (AvgIpc) is 2.75. The number of nitrogens with zero attached hydrogens (tertiary/aromatic N) is 1. The minimum Gasteiger partial charge on any atom is -0.326 e. The molecule has 8 heteroatoms. The zero-order valence-electron chi connectivity index (χ0n) is 19.9. The van der Waals surface area contributed by atoms with Gasteiger partial charge in [0.25, 0.3) is 0 Å². The summed E-state index contributed by atoms with van der Waals surface area (Å²) in [6, 6.07) is 12.4. The summed E-state index contributed by atoms with van der Waals surface area (Å²) < 4.78 is 27.6. The Morgan fingerprint density at radius 1 is 0.970 bits per heavy atom. The molecule has 0 atom stereocenters. The molecule has 7 nitrogen and oxygen atoms in total. The molecule has 1 aliphatic rings. The average molecular weight is 472 g/mol. The predicted octanol–water partition coefficient (Wildman–Crippen LogP) is 4.29. The summed E-state index contributed by atoms with van der Waals surface area (Å²) in [4.78, 5) is 24.3. The van der Waals surface area contributed by atoms with Gasteiger partial charge in [0.2, 0.25) is 21.8 Å². The van der Waals surface area contributed by atoms with E-state index in [1.54, 1.807) is 24.3 Å². The van der Waals surface area contributed by atoms with E-state index in [0.29, 0.717) is 37.3 Å². The molecule has 0 saturated carbocycles. The molecular weight excluding hydrogens is 438 g/mol. The van der Waals surface area contributed by atoms with Crippen LogP contribution < -0.4 is 10.6 Å². The van der Waals surface area contributed by atoms with Crippen LogP contribution >= 0.6 is 0 Å². The number of benzene rings is 2. The van der Waals surface area contributed by atoms with Crippen LogP contribution in [0.5, 0.6) is 0 Å². The number of piperidine rings is 1. The Balaban J connectivity index is 1.60. The topological polar surface area (TPSA) is 95.6 Å². The Kier molecular flexibility index (Phi) is 7.29. The van der Waals surface area contributed by atoms with Crippen LogP contribution in [0.4, 0.5) is 11.4 Å². The lowest BCUT2D eigenvalue weighted by Crippen LogP contribution is -2.41. The van der Waals surface area contributed by atoms with E-state index in [9.17, 15) is 18.0 Å². The Labute approximate surface area is 196 Å². The van der Waals surface area contributed by atoms with E-state index >= 15 is 0 Å². The summed E-state index contributed by atoms with van der Waals surface area (Å²) in [5, 5.41) is 5.66. The third kappa shape index (κ3) is 6.00. The van der Waals surface area contributed by atoms with Gasteiger partial charge in [-0.15, -0.1) is 0 Å². The van der Waals surface area contributed by atoms with Crippen LogP contribution in [0.15, 0.2) is 47.4 Å². The summed E-state index contributed by atoms with van der Waals surface area (Å²) in [6.07, 6.45) is 0.933. The third-order valence-electron chi connectivity index (χ3n) is 5.99. The number of anilines is 2. The van der Waals surface area contributed by atoms with Gasteiger partial charge >= 0.3 is 0 Å². The van der Waals surface area contributed by atoms with Crippen molar-refractivity contribution < 1.29 is 18.0 Å². The smallest absolute Gasteiger partial charge is 0.243 e. The molecule has 33 heavy (non-hydrogen) atoms. The number of carbonyl (C=O) groups excluding carboxylic acids is 2. The quantitative estimate of drug-likeness (QED) is 0.680. The molecular formula is C25H33N3O4S. The normalized spacial score (nSPS) is 15.8. The van der Waals surface area contributed by atoms with E-state index < -0.39 is 10.0 Å². The second-order valence-electron chi connectivity index (χ2n) is 9.65. The molecule has 0 spiro atoms. The summed E-state index contributed by atoms with van der Waals surface area (Å²) in [5.74, 6) is -0.523. The van der Waals surface area contributed by atoms with Crippen molar-refractivity contribution in [1.29, 1.82) is 0 Å². The molecule has 0 radical (unpaired) electrons. The van der Waals surface area contributed by atoms with Gasteiger partial charge in [-0.1, -0.05) is 32.9 Å². The van der Waals surface area contributed by atoms with E-state index in [2.05, 4.69) is 31.4 Å². The van der Waals surface area contributed by atoms with Gasteiger partial charge in [0.05, 0.1) is 4.90 Å². The molecule has 0 aliphatic carbocycles. The third-order valence-corrected chi connectivity index (χ3v) is 7.90. The first-order valence-electron chi connectivity index (χ1n) is 11.2. The number of nitrogens with one attached hydrogen (secondary N) is 2. The number of carbonyl (C=O) groups is 2. The van der Waals surface area contributed by atoms with Gasteiger partial charge in [-0.05, 0) is 66.6 Å². The number of hydrogen-bond acceptors (Lipinski definition) is 4.